The fourth-order valence-electron chi connectivity index (χ4n) is 4.75. The van der Waals surface area contributed by atoms with Gasteiger partial charge in [-0.05, 0) is 61.5 Å². The molecule has 6 N–H and O–H groups in total. The van der Waals surface area contributed by atoms with Crippen LogP contribution in [-0.4, -0.2) is 88.1 Å². The fraction of sp³-hybridized carbons (Fsp3) is 0.484. The number of carbonyl (C=O) groups is 4. The molecule has 0 bridgehead atoms. The van der Waals surface area contributed by atoms with Gasteiger partial charge in [-0.3, -0.25) is 19.2 Å². The van der Waals surface area contributed by atoms with Crippen LogP contribution in [0.2, 0.25) is 0 Å². The van der Waals surface area contributed by atoms with Gasteiger partial charge in [0.2, 0.25) is 11.8 Å². The van der Waals surface area contributed by atoms with Gasteiger partial charge in [0.05, 0.1) is 12.1 Å². The van der Waals surface area contributed by atoms with E-state index in [9.17, 15) is 29.4 Å². The maximum Gasteiger partial charge on any atom is 0.253 e. The Balaban J connectivity index is 2.45. The Morgan fingerprint density at radius 3 is 2.00 bits per heavy atom. The number of hydrogen-bond donors (Lipinski definition) is 5. The number of hydrogen-bond acceptors (Lipinski definition) is 7. The van der Waals surface area contributed by atoms with Crippen LogP contribution in [0.1, 0.15) is 76.7 Å². The van der Waals surface area contributed by atoms with Gasteiger partial charge in [0.15, 0.2) is 0 Å². The Morgan fingerprint density at radius 2 is 1.45 bits per heavy atom. The zero-order valence-electron chi connectivity index (χ0n) is 24.8. The first kappa shape index (κ1) is 34.8. The molecule has 0 heterocycles. The van der Waals surface area contributed by atoms with Gasteiger partial charge in [0, 0.05) is 36.7 Å². The van der Waals surface area contributed by atoms with Crippen molar-refractivity contribution in [2.45, 2.75) is 70.7 Å². The Hall–Kier alpha value is -3.41. The summed E-state index contributed by atoms with van der Waals surface area (Å²) in [5.74, 6) is -1.49. The van der Waals surface area contributed by atoms with Gasteiger partial charge in [-0.15, -0.1) is 0 Å². The molecule has 230 valence electrons. The van der Waals surface area contributed by atoms with E-state index in [1.807, 2.05) is 50.4 Å². The van der Waals surface area contributed by atoms with Crippen LogP contribution in [0.15, 0.2) is 48.5 Å². The van der Waals surface area contributed by atoms with Gasteiger partial charge in [0.25, 0.3) is 11.8 Å². The number of primary amides is 1. The summed E-state index contributed by atoms with van der Waals surface area (Å²) in [7, 11) is 0. The van der Waals surface area contributed by atoms with Crippen molar-refractivity contribution in [1.82, 2.24) is 15.5 Å². The average molecular weight is 601 g/mol. The van der Waals surface area contributed by atoms with Crippen molar-refractivity contribution in [3.8, 4) is 0 Å². The number of amides is 4. The van der Waals surface area contributed by atoms with Crippen LogP contribution in [0.25, 0.3) is 0 Å². The van der Waals surface area contributed by atoms with E-state index in [4.69, 9.17) is 5.73 Å². The number of benzene rings is 2. The molecular formula is C31H44N4O6S. The Bertz CT molecular complexity index is 1190. The minimum Gasteiger partial charge on any atom is -0.388 e. The van der Waals surface area contributed by atoms with Gasteiger partial charge >= 0.3 is 0 Å². The number of thioether (sulfide) groups is 1. The molecule has 4 atom stereocenters. The molecule has 0 saturated carbocycles. The van der Waals surface area contributed by atoms with Gasteiger partial charge in [-0.2, -0.15) is 11.8 Å². The van der Waals surface area contributed by atoms with Crippen molar-refractivity contribution in [2.24, 2.45) is 5.73 Å². The molecule has 0 saturated heterocycles. The lowest BCUT2D eigenvalue weighted by Crippen LogP contribution is -2.56. The molecule has 2 aromatic carbocycles. The molecule has 0 aromatic heterocycles. The second kappa shape index (κ2) is 17.5. The van der Waals surface area contributed by atoms with Crippen molar-refractivity contribution in [1.29, 1.82) is 0 Å². The molecule has 0 unspecified atom stereocenters. The minimum atomic E-state index is -1.46. The Kier molecular flexibility index (Phi) is 14.5. The third kappa shape index (κ3) is 10.5. The molecule has 2 rings (SSSR count). The van der Waals surface area contributed by atoms with Gasteiger partial charge in [-0.25, -0.2) is 0 Å². The normalized spacial score (nSPS) is 13.9. The maximum atomic E-state index is 13.6. The number of aliphatic hydroxyl groups excluding tert-OH is 2. The zero-order chi connectivity index (χ0) is 31.2. The van der Waals surface area contributed by atoms with Crippen LogP contribution in [0.5, 0.6) is 0 Å². The van der Waals surface area contributed by atoms with E-state index in [1.54, 1.807) is 4.90 Å². The van der Waals surface area contributed by atoms with Crippen molar-refractivity contribution < 1.29 is 29.4 Å². The lowest BCUT2D eigenvalue weighted by molar-refractivity contribution is -0.121. The first-order chi connectivity index (χ1) is 20.0. The Morgan fingerprint density at radius 1 is 0.881 bits per heavy atom. The SMILES string of the molecule is CCCN(CCC)C(=O)c1cc(C(N)=O)cc(C(=O)N[C@@H](Cc2ccccc2)[C@@H](O)[C@H](O)[C@@H](CCSC)NC(C)=O)c1. The van der Waals surface area contributed by atoms with Gasteiger partial charge in [0.1, 0.15) is 12.2 Å². The highest BCUT2D eigenvalue weighted by Gasteiger charge is 2.34. The van der Waals surface area contributed by atoms with Crippen molar-refractivity contribution in [3.63, 3.8) is 0 Å². The zero-order valence-corrected chi connectivity index (χ0v) is 25.7. The molecule has 10 nitrogen and oxygen atoms in total. The first-order valence-electron chi connectivity index (χ1n) is 14.2. The number of nitrogens with one attached hydrogen (secondary N) is 2. The van der Waals surface area contributed by atoms with Crippen LogP contribution in [-0.2, 0) is 11.2 Å². The second-order valence-corrected chi connectivity index (χ2v) is 11.3. The molecule has 0 radical (unpaired) electrons. The molecule has 42 heavy (non-hydrogen) atoms. The van der Waals surface area contributed by atoms with Crippen LogP contribution in [0.3, 0.4) is 0 Å². The molecule has 11 heteroatoms. The van der Waals surface area contributed by atoms with E-state index in [-0.39, 0.29) is 34.9 Å². The highest BCUT2D eigenvalue weighted by Crippen LogP contribution is 2.18. The molecule has 2 aromatic rings. The lowest BCUT2D eigenvalue weighted by atomic mass is 9.92. The van der Waals surface area contributed by atoms with E-state index in [1.165, 1.54) is 36.9 Å². The number of nitrogens with zero attached hydrogens (tertiary/aromatic N) is 1. The monoisotopic (exact) mass is 600 g/mol. The number of nitrogens with two attached hydrogens (primary N) is 1. The summed E-state index contributed by atoms with van der Waals surface area (Å²) in [5, 5.41) is 28.0. The molecule has 0 aliphatic carbocycles. The third-order valence-corrected chi connectivity index (χ3v) is 7.46. The number of rotatable bonds is 17. The lowest BCUT2D eigenvalue weighted by Gasteiger charge is -2.33. The molecule has 0 fully saturated rings. The largest absolute Gasteiger partial charge is 0.388 e. The summed E-state index contributed by atoms with van der Waals surface area (Å²) in [5.41, 5.74) is 6.51. The highest BCUT2D eigenvalue weighted by molar-refractivity contribution is 7.98. The van der Waals surface area contributed by atoms with Crippen LogP contribution in [0, 0.1) is 0 Å². The Labute approximate surface area is 252 Å². The predicted octanol–water partition coefficient (Wildman–Crippen LogP) is 2.37. The van der Waals surface area contributed by atoms with E-state index < -0.39 is 36.1 Å². The first-order valence-corrected chi connectivity index (χ1v) is 15.6. The number of aliphatic hydroxyl groups is 2. The topological polar surface area (TPSA) is 162 Å². The summed E-state index contributed by atoms with van der Waals surface area (Å²) in [6, 6.07) is 11.5. The quantitative estimate of drug-likeness (QED) is 0.186. The van der Waals surface area contributed by atoms with Gasteiger partial charge in [-0.1, -0.05) is 44.2 Å². The molecular weight excluding hydrogens is 556 g/mol. The summed E-state index contributed by atoms with van der Waals surface area (Å²) < 4.78 is 0. The van der Waals surface area contributed by atoms with Crippen molar-refractivity contribution in [2.75, 3.05) is 25.1 Å². The standard InChI is InChI=1S/C31H44N4O6S/c1-5-13-35(14-6-2)31(41)24-18-22(29(32)39)17-23(19-24)30(40)34-26(16-21-10-8-7-9-11-21)28(38)27(37)25(12-15-42-4)33-20(3)36/h7-11,17-19,25-28,37-38H,5-6,12-16H2,1-4H3,(H2,32,39)(H,33,36)(H,34,40)/t25-,26+,27-,28-/m1/s1. The number of carbonyl (C=O) groups excluding carboxylic acids is 4. The summed E-state index contributed by atoms with van der Waals surface area (Å²) in [6.45, 7) is 6.29. The smallest absolute Gasteiger partial charge is 0.253 e. The van der Waals surface area contributed by atoms with E-state index in [2.05, 4.69) is 10.6 Å². The fourth-order valence-corrected chi connectivity index (χ4v) is 5.24. The van der Waals surface area contributed by atoms with Crippen molar-refractivity contribution in [3.05, 3.63) is 70.8 Å². The van der Waals surface area contributed by atoms with Crippen molar-refractivity contribution >= 4 is 35.4 Å². The molecule has 0 aliphatic heterocycles. The molecule has 0 aliphatic rings. The average Bonchev–Trinajstić information content (AvgIpc) is 2.97. The van der Waals surface area contributed by atoms with Crippen LogP contribution < -0.4 is 16.4 Å². The van der Waals surface area contributed by atoms with Crippen LogP contribution >= 0.6 is 11.8 Å². The minimum absolute atomic E-state index is 0.00178. The molecule has 4 amide bonds. The summed E-state index contributed by atoms with van der Waals surface area (Å²) >= 11 is 1.54. The van der Waals surface area contributed by atoms with Crippen LogP contribution in [0.4, 0.5) is 0 Å². The van der Waals surface area contributed by atoms with E-state index in [0.29, 0.717) is 25.3 Å². The third-order valence-electron chi connectivity index (χ3n) is 6.81. The van der Waals surface area contributed by atoms with E-state index >= 15 is 0 Å². The van der Waals surface area contributed by atoms with E-state index in [0.717, 1.165) is 18.4 Å². The predicted molar refractivity (Wildman–Crippen MR) is 165 cm³/mol. The summed E-state index contributed by atoms with van der Waals surface area (Å²) in [6.07, 6.45) is 1.11. The van der Waals surface area contributed by atoms with Gasteiger partial charge < -0.3 is 31.5 Å². The molecule has 0 spiro atoms. The maximum absolute atomic E-state index is 13.6. The highest BCUT2D eigenvalue weighted by atomic mass is 32.2. The second-order valence-electron chi connectivity index (χ2n) is 10.3. The summed E-state index contributed by atoms with van der Waals surface area (Å²) in [4.78, 5) is 52.6.